The number of hydrogen-bond donors (Lipinski definition) is 3. The van der Waals surface area contributed by atoms with E-state index in [2.05, 4.69) is 35.8 Å². The average molecular weight is 562 g/mol. The van der Waals surface area contributed by atoms with Gasteiger partial charge in [0.25, 0.3) is 5.56 Å². The maximum absolute atomic E-state index is 15.2. The number of nitrogens with zero attached hydrogens (tertiary/aromatic N) is 7. The first kappa shape index (κ1) is 24.4. The molecule has 14 heteroatoms. The molecule has 0 bridgehead atoms. The molecule has 0 fully saturated rings. The van der Waals surface area contributed by atoms with E-state index < -0.39 is 18.2 Å². The molecule has 1 aromatic carbocycles. The quantitative estimate of drug-likeness (QED) is 0.301. The summed E-state index contributed by atoms with van der Waals surface area (Å²) in [6, 6.07) is 11.5. The number of rotatable bonds is 4. The van der Waals surface area contributed by atoms with Crippen LogP contribution in [0, 0.1) is 11.9 Å². The van der Waals surface area contributed by atoms with Crippen molar-refractivity contribution in [3.63, 3.8) is 0 Å². The van der Waals surface area contributed by atoms with Gasteiger partial charge in [0.05, 0.1) is 23.1 Å². The topological polar surface area (TPSA) is 149 Å². The van der Waals surface area contributed by atoms with E-state index in [4.69, 9.17) is 16.3 Å². The summed E-state index contributed by atoms with van der Waals surface area (Å²) < 4.78 is 23.8. The number of nitrogens with one attached hydrogen (secondary N) is 2. The van der Waals surface area contributed by atoms with Crippen molar-refractivity contribution in [3.8, 4) is 34.1 Å². The van der Waals surface area contributed by atoms with Crippen molar-refractivity contribution in [1.29, 1.82) is 0 Å². The van der Waals surface area contributed by atoms with E-state index in [-0.39, 0.29) is 35.4 Å². The van der Waals surface area contributed by atoms with Gasteiger partial charge in [-0.3, -0.25) is 4.79 Å². The highest BCUT2D eigenvalue weighted by Gasteiger charge is 2.35. The summed E-state index contributed by atoms with van der Waals surface area (Å²) in [6.07, 6.45) is 1.20. The highest BCUT2D eigenvalue weighted by atomic mass is 35.5. The Morgan fingerprint density at radius 3 is 2.88 bits per heavy atom. The molecule has 0 spiro atoms. The van der Waals surface area contributed by atoms with Crippen LogP contribution in [0.1, 0.15) is 24.5 Å². The smallest absolute Gasteiger partial charge is 0.252 e. The zero-order valence-corrected chi connectivity index (χ0v) is 21.7. The second-order valence-electron chi connectivity index (χ2n) is 9.79. The molecule has 2 aliphatic rings. The molecular formula is C26H21ClFN9O3. The number of anilines is 1. The van der Waals surface area contributed by atoms with Crippen molar-refractivity contribution >= 4 is 17.3 Å². The number of halogens is 2. The molecule has 0 saturated heterocycles. The first-order valence-electron chi connectivity index (χ1n) is 12.5. The van der Waals surface area contributed by atoms with Gasteiger partial charge >= 0.3 is 0 Å². The van der Waals surface area contributed by atoms with Crippen molar-refractivity contribution in [2.75, 3.05) is 11.9 Å². The van der Waals surface area contributed by atoms with E-state index in [0.29, 0.717) is 39.8 Å². The van der Waals surface area contributed by atoms with E-state index in [0.717, 1.165) is 5.69 Å². The van der Waals surface area contributed by atoms with Crippen LogP contribution in [0.4, 0.5) is 10.1 Å². The van der Waals surface area contributed by atoms with Crippen LogP contribution >= 0.6 is 11.6 Å². The molecule has 202 valence electrons. The zero-order valence-electron chi connectivity index (χ0n) is 20.9. The maximum Gasteiger partial charge on any atom is 0.252 e. The number of aromatic nitrogens is 8. The highest BCUT2D eigenvalue weighted by molar-refractivity contribution is 6.31. The van der Waals surface area contributed by atoms with E-state index in [1.165, 1.54) is 17.1 Å². The van der Waals surface area contributed by atoms with E-state index in [1.54, 1.807) is 34.9 Å². The second-order valence-corrected chi connectivity index (χ2v) is 10.2. The number of hydrogen-bond acceptors (Lipinski definition) is 9. The van der Waals surface area contributed by atoms with Crippen molar-refractivity contribution in [1.82, 2.24) is 39.7 Å². The molecule has 5 aromatic rings. The first-order chi connectivity index (χ1) is 19.4. The number of ether oxygens (including phenoxy) is 1. The van der Waals surface area contributed by atoms with E-state index in [1.807, 2.05) is 13.0 Å². The van der Waals surface area contributed by atoms with Crippen LogP contribution in [-0.4, -0.2) is 57.7 Å². The minimum Gasteiger partial charge on any atom is -0.471 e. The Balaban J connectivity index is 1.27. The standard InChI is InChI=1S/C26H21ClFN9O3/c1-12-6-15-7-13(16-9-14(27)2-5-19(16)36-11-29-34-35-36)8-21(39)37(15)23(12)25-32-22(24(28)33-25)17-3-4-18-26(31-17)40-10-20(38)30-18/h2-5,7-9,11-12,20,23,30,38H,6,10H2,1H3,(H,32,33)/t12-,20?,23-/m0/s1. The lowest BCUT2D eigenvalue weighted by atomic mass is 10.0. The van der Waals surface area contributed by atoms with Crippen LogP contribution in [0.2, 0.25) is 5.02 Å². The number of imidazole rings is 1. The third-order valence-corrected chi connectivity index (χ3v) is 7.36. The zero-order chi connectivity index (χ0) is 27.5. The number of benzene rings is 1. The molecule has 0 saturated carbocycles. The molecule has 40 heavy (non-hydrogen) atoms. The first-order valence-corrected chi connectivity index (χ1v) is 12.9. The van der Waals surface area contributed by atoms with Crippen molar-refractivity contribution in [2.45, 2.75) is 25.6 Å². The number of aliphatic hydroxyl groups is 1. The summed E-state index contributed by atoms with van der Waals surface area (Å²) >= 11 is 6.31. The van der Waals surface area contributed by atoms with E-state index >= 15 is 4.39 Å². The second kappa shape index (κ2) is 9.24. The summed E-state index contributed by atoms with van der Waals surface area (Å²) in [5.41, 5.74) is 3.35. The normalized spacial score (nSPS) is 19.6. The maximum atomic E-state index is 15.2. The molecule has 0 radical (unpaired) electrons. The van der Waals surface area contributed by atoms with Gasteiger partial charge in [-0.15, -0.1) is 5.10 Å². The van der Waals surface area contributed by atoms with Gasteiger partial charge in [-0.2, -0.15) is 9.07 Å². The van der Waals surface area contributed by atoms with Gasteiger partial charge in [-0.25, -0.2) is 9.97 Å². The van der Waals surface area contributed by atoms with Gasteiger partial charge in [0.2, 0.25) is 11.8 Å². The molecular weight excluding hydrogens is 541 g/mol. The molecule has 0 aliphatic carbocycles. The van der Waals surface area contributed by atoms with Crippen LogP contribution in [0.25, 0.3) is 28.2 Å². The Labute approximate surface area is 230 Å². The number of pyridine rings is 2. The average Bonchev–Trinajstić information content (AvgIpc) is 3.67. The Bertz CT molecular complexity index is 1820. The SMILES string of the molecule is C[C@H]1Cc2cc(-c3cc(Cl)ccc3-n3cnnn3)cc(=O)n2[C@@H]1c1nc(-c2ccc3c(n2)OCC(O)N3)c(F)[nH]1. The fourth-order valence-electron chi connectivity index (χ4n) is 5.41. The Morgan fingerprint density at radius 1 is 1.18 bits per heavy atom. The van der Waals surface area contributed by atoms with Crippen LogP contribution in [0.5, 0.6) is 5.88 Å². The van der Waals surface area contributed by atoms with Gasteiger partial charge in [0.1, 0.15) is 24.5 Å². The number of tetrazole rings is 1. The summed E-state index contributed by atoms with van der Waals surface area (Å²) in [5.74, 6) is -0.149. The number of aliphatic hydroxyl groups excluding tert-OH is 1. The third kappa shape index (κ3) is 4.01. The number of H-pyrrole nitrogens is 1. The lowest BCUT2D eigenvalue weighted by molar-refractivity contribution is 0.116. The fraction of sp³-hybridized carbons (Fsp3) is 0.231. The van der Waals surface area contributed by atoms with Gasteiger partial charge in [-0.1, -0.05) is 18.5 Å². The Hall–Kier alpha value is -4.62. The predicted octanol–water partition coefficient (Wildman–Crippen LogP) is 2.97. The van der Waals surface area contributed by atoms with Crippen molar-refractivity contribution in [2.24, 2.45) is 5.92 Å². The molecule has 1 unspecified atom stereocenters. The summed E-state index contributed by atoms with van der Waals surface area (Å²) in [5, 5.41) is 24.4. The monoisotopic (exact) mass is 561 g/mol. The van der Waals surface area contributed by atoms with Gasteiger partial charge < -0.3 is 24.7 Å². The van der Waals surface area contributed by atoms with Crippen molar-refractivity contribution < 1.29 is 14.2 Å². The van der Waals surface area contributed by atoms with E-state index in [9.17, 15) is 9.90 Å². The Morgan fingerprint density at radius 2 is 2.05 bits per heavy atom. The summed E-state index contributed by atoms with van der Waals surface area (Å²) in [7, 11) is 0. The lowest BCUT2D eigenvalue weighted by Crippen LogP contribution is -2.31. The largest absolute Gasteiger partial charge is 0.471 e. The highest BCUT2D eigenvalue weighted by Crippen LogP contribution is 2.38. The Kier molecular flexibility index (Phi) is 5.64. The molecule has 3 N–H and O–H groups in total. The molecule has 12 nitrogen and oxygen atoms in total. The minimum atomic E-state index is -0.846. The van der Waals surface area contributed by atoms with Crippen LogP contribution in [-0.2, 0) is 6.42 Å². The molecule has 2 aliphatic heterocycles. The molecule has 6 heterocycles. The number of fused-ring (bicyclic) bond motifs is 2. The van der Waals surface area contributed by atoms with Crippen LogP contribution in [0.3, 0.4) is 0 Å². The summed E-state index contributed by atoms with van der Waals surface area (Å²) in [4.78, 5) is 25.2. The molecule has 7 rings (SSSR count). The summed E-state index contributed by atoms with van der Waals surface area (Å²) in [6.45, 7) is 2.01. The fourth-order valence-corrected chi connectivity index (χ4v) is 5.58. The molecule has 4 aromatic heterocycles. The molecule has 0 amide bonds. The van der Waals surface area contributed by atoms with Crippen LogP contribution < -0.4 is 15.6 Å². The van der Waals surface area contributed by atoms with Crippen molar-refractivity contribution in [3.05, 3.63) is 81.6 Å². The van der Waals surface area contributed by atoms with Crippen LogP contribution in [0.15, 0.2) is 53.6 Å². The predicted molar refractivity (Wildman–Crippen MR) is 142 cm³/mol. The number of aromatic amines is 1. The van der Waals surface area contributed by atoms with Gasteiger partial charge in [-0.05, 0) is 64.7 Å². The minimum absolute atomic E-state index is 0.0165. The third-order valence-electron chi connectivity index (χ3n) is 7.12. The molecule has 3 atom stereocenters. The lowest BCUT2D eigenvalue weighted by Gasteiger charge is -2.22. The van der Waals surface area contributed by atoms with Gasteiger partial charge in [0.15, 0.2) is 6.23 Å². The van der Waals surface area contributed by atoms with Gasteiger partial charge in [0, 0.05) is 22.3 Å².